The third-order valence-corrected chi connectivity index (χ3v) is 5.27. The second kappa shape index (κ2) is 5.54. The van der Waals surface area contributed by atoms with Gasteiger partial charge >= 0.3 is 0 Å². The Morgan fingerprint density at radius 1 is 1.33 bits per heavy atom. The first kappa shape index (κ1) is 15.1. The quantitative estimate of drug-likeness (QED) is 0.797. The lowest BCUT2D eigenvalue weighted by Gasteiger charge is -2.29. The first-order valence-electron chi connectivity index (χ1n) is 8.36. The molecule has 1 aliphatic carbocycles. The number of fused-ring (bicyclic) bond motifs is 2. The lowest BCUT2D eigenvalue weighted by molar-refractivity contribution is 0.0732. The molecule has 1 aliphatic heterocycles. The van der Waals surface area contributed by atoms with Crippen LogP contribution < -0.4 is 0 Å². The molecular formula is C18H21N5O. The summed E-state index contributed by atoms with van der Waals surface area (Å²) in [6.07, 6.45) is 7.00. The van der Waals surface area contributed by atoms with Gasteiger partial charge in [0.15, 0.2) is 0 Å². The molecule has 1 saturated carbocycles. The Balaban J connectivity index is 1.56. The highest BCUT2D eigenvalue weighted by atomic mass is 16.2. The Hall–Kier alpha value is -2.50. The Morgan fingerprint density at radius 2 is 2.12 bits per heavy atom. The van der Waals surface area contributed by atoms with E-state index in [1.54, 1.807) is 11.0 Å². The van der Waals surface area contributed by atoms with E-state index in [1.165, 1.54) is 5.57 Å². The molecule has 0 radical (unpaired) electrons. The van der Waals surface area contributed by atoms with Crippen molar-refractivity contribution in [3.8, 4) is 5.69 Å². The largest absolute Gasteiger partial charge is 0.335 e. The van der Waals surface area contributed by atoms with Gasteiger partial charge in [0.25, 0.3) is 5.91 Å². The molecule has 24 heavy (non-hydrogen) atoms. The molecule has 2 unspecified atom stereocenters. The molecule has 6 heteroatoms. The lowest BCUT2D eigenvalue weighted by Crippen LogP contribution is -2.35. The number of allylic oxidation sites excluding steroid dienone is 1. The molecule has 1 amide bonds. The molecule has 2 fully saturated rings. The van der Waals surface area contributed by atoms with Crippen molar-refractivity contribution in [2.24, 2.45) is 5.41 Å². The number of amides is 1. The van der Waals surface area contributed by atoms with Crippen LogP contribution in [0.4, 0.5) is 0 Å². The molecule has 1 saturated heterocycles. The number of rotatable bonds is 2. The number of benzene rings is 1. The van der Waals surface area contributed by atoms with Crippen molar-refractivity contribution in [3.63, 3.8) is 0 Å². The summed E-state index contributed by atoms with van der Waals surface area (Å²) in [7, 11) is 0. The predicted molar refractivity (Wildman–Crippen MR) is 89.7 cm³/mol. The maximum absolute atomic E-state index is 13.0. The van der Waals surface area contributed by atoms with Crippen LogP contribution in [0.15, 0.2) is 42.2 Å². The van der Waals surface area contributed by atoms with Gasteiger partial charge in [0.1, 0.15) is 6.33 Å². The zero-order valence-corrected chi connectivity index (χ0v) is 14.0. The predicted octanol–water partition coefficient (Wildman–Crippen LogP) is 2.62. The molecule has 1 aromatic heterocycles. The minimum absolute atomic E-state index is 0.129. The molecule has 0 spiro atoms. The van der Waals surface area contributed by atoms with Crippen LogP contribution >= 0.6 is 0 Å². The molecule has 2 heterocycles. The molecule has 1 aromatic carbocycles. The molecule has 0 N–H and O–H groups in total. The van der Waals surface area contributed by atoms with Gasteiger partial charge in [0, 0.05) is 18.2 Å². The summed E-state index contributed by atoms with van der Waals surface area (Å²) in [5.41, 5.74) is 3.29. The standard InChI is InChI=1S/C18H21N5O/c1-3-13-8-16-10-18(2,9-13)11-22(16)17(24)14-4-6-15(7-5-14)23-12-19-20-21-23/h3-7,12,16H,8-11H2,1-2H3/b13-3-. The maximum atomic E-state index is 13.0. The summed E-state index contributed by atoms with van der Waals surface area (Å²) in [5.74, 6) is 0.129. The van der Waals surface area contributed by atoms with Gasteiger partial charge in [0.2, 0.25) is 0 Å². The number of tetrazole rings is 1. The van der Waals surface area contributed by atoms with Crippen molar-refractivity contribution < 1.29 is 4.79 Å². The van der Waals surface area contributed by atoms with E-state index in [4.69, 9.17) is 0 Å². The van der Waals surface area contributed by atoms with Gasteiger partial charge < -0.3 is 4.90 Å². The molecule has 2 atom stereocenters. The summed E-state index contributed by atoms with van der Waals surface area (Å²) in [4.78, 5) is 15.1. The normalized spacial score (nSPS) is 27.7. The Labute approximate surface area is 141 Å². The highest BCUT2D eigenvalue weighted by Crippen LogP contribution is 2.47. The highest BCUT2D eigenvalue weighted by Gasteiger charge is 2.46. The smallest absolute Gasteiger partial charge is 0.254 e. The van der Waals surface area contributed by atoms with Crippen LogP contribution in [0.1, 0.15) is 43.5 Å². The summed E-state index contributed by atoms with van der Waals surface area (Å²) in [5, 5.41) is 11.1. The van der Waals surface area contributed by atoms with Gasteiger partial charge in [-0.25, -0.2) is 4.68 Å². The van der Waals surface area contributed by atoms with E-state index in [2.05, 4.69) is 40.3 Å². The van der Waals surface area contributed by atoms with E-state index in [0.717, 1.165) is 37.1 Å². The van der Waals surface area contributed by atoms with Crippen molar-refractivity contribution in [2.75, 3.05) is 6.54 Å². The van der Waals surface area contributed by atoms with E-state index in [-0.39, 0.29) is 11.3 Å². The van der Waals surface area contributed by atoms with Crippen molar-refractivity contribution in [3.05, 3.63) is 47.8 Å². The number of carbonyl (C=O) groups excluding carboxylic acids is 1. The lowest BCUT2D eigenvalue weighted by atomic mass is 9.75. The number of carbonyl (C=O) groups is 1. The maximum Gasteiger partial charge on any atom is 0.254 e. The Morgan fingerprint density at radius 3 is 2.79 bits per heavy atom. The van der Waals surface area contributed by atoms with E-state index in [1.807, 2.05) is 24.3 Å². The van der Waals surface area contributed by atoms with Crippen molar-refractivity contribution in [2.45, 2.75) is 39.2 Å². The SMILES string of the molecule is C/C=C1/CC2CC(C)(C1)CN2C(=O)c1ccc(-n2cnnn2)cc1. The molecule has 2 aliphatic rings. The fourth-order valence-corrected chi connectivity index (χ4v) is 4.18. The van der Waals surface area contributed by atoms with Crippen LogP contribution in [0.5, 0.6) is 0 Å². The van der Waals surface area contributed by atoms with Crippen LogP contribution in [-0.4, -0.2) is 43.6 Å². The van der Waals surface area contributed by atoms with Crippen LogP contribution in [0.3, 0.4) is 0 Å². The second-order valence-electron chi connectivity index (χ2n) is 7.23. The summed E-state index contributed by atoms with van der Waals surface area (Å²) >= 11 is 0. The zero-order valence-electron chi connectivity index (χ0n) is 14.0. The minimum atomic E-state index is 0.129. The third kappa shape index (κ3) is 2.52. The van der Waals surface area contributed by atoms with E-state index in [9.17, 15) is 4.79 Å². The van der Waals surface area contributed by atoms with Crippen LogP contribution in [0.25, 0.3) is 5.69 Å². The summed E-state index contributed by atoms with van der Waals surface area (Å²) in [6, 6.07) is 7.82. The number of likely N-dealkylation sites (tertiary alicyclic amines) is 1. The van der Waals surface area contributed by atoms with E-state index >= 15 is 0 Å². The van der Waals surface area contributed by atoms with Gasteiger partial charge in [0.05, 0.1) is 5.69 Å². The van der Waals surface area contributed by atoms with Gasteiger partial charge in [-0.05, 0) is 66.3 Å². The van der Waals surface area contributed by atoms with Gasteiger partial charge in [-0.3, -0.25) is 4.79 Å². The average molecular weight is 323 g/mol. The van der Waals surface area contributed by atoms with Crippen LogP contribution in [-0.2, 0) is 0 Å². The van der Waals surface area contributed by atoms with Crippen molar-refractivity contribution in [1.29, 1.82) is 0 Å². The minimum Gasteiger partial charge on any atom is -0.335 e. The summed E-state index contributed by atoms with van der Waals surface area (Å²) in [6.45, 7) is 5.26. The monoisotopic (exact) mass is 323 g/mol. The van der Waals surface area contributed by atoms with Gasteiger partial charge in [-0.1, -0.05) is 18.6 Å². The average Bonchev–Trinajstić information content (AvgIpc) is 3.20. The Bertz CT molecular complexity index is 780. The molecule has 6 nitrogen and oxygen atoms in total. The third-order valence-electron chi connectivity index (χ3n) is 5.27. The number of aromatic nitrogens is 4. The number of hydrogen-bond donors (Lipinski definition) is 0. The molecule has 124 valence electrons. The molecule has 4 rings (SSSR count). The fraction of sp³-hybridized carbons (Fsp3) is 0.444. The highest BCUT2D eigenvalue weighted by molar-refractivity contribution is 5.95. The topological polar surface area (TPSA) is 63.9 Å². The van der Waals surface area contributed by atoms with E-state index < -0.39 is 0 Å². The molecule has 2 bridgehead atoms. The number of nitrogens with zero attached hydrogens (tertiary/aromatic N) is 5. The van der Waals surface area contributed by atoms with E-state index in [0.29, 0.717) is 6.04 Å². The zero-order chi connectivity index (χ0) is 16.7. The van der Waals surface area contributed by atoms with Crippen molar-refractivity contribution in [1.82, 2.24) is 25.1 Å². The Kier molecular flexibility index (Phi) is 3.48. The molecule has 2 aromatic rings. The van der Waals surface area contributed by atoms with Gasteiger partial charge in [-0.15, -0.1) is 5.10 Å². The fourth-order valence-electron chi connectivity index (χ4n) is 4.18. The first-order chi connectivity index (χ1) is 11.6. The van der Waals surface area contributed by atoms with Gasteiger partial charge in [-0.2, -0.15) is 0 Å². The molecular weight excluding hydrogens is 302 g/mol. The first-order valence-corrected chi connectivity index (χ1v) is 8.36. The van der Waals surface area contributed by atoms with Crippen LogP contribution in [0, 0.1) is 5.41 Å². The second-order valence-corrected chi connectivity index (χ2v) is 7.23. The van der Waals surface area contributed by atoms with Crippen molar-refractivity contribution >= 4 is 5.91 Å². The number of hydrogen-bond acceptors (Lipinski definition) is 4. The summed E-state index contributed by atoms with van der Waals surface area (Å²) < 4.78 is 1.58. The van der Waals surface area contributed by atoms with Crippen LogP contribution in [0.2, 0.25) is 0 Å².